The predicted octanol–water partition coefficient (Wildman–Crippen LogP) is 3.63. The van der Waals surface area contributed by atoms with E-state index >= 15 is 0 Å². The lowest BCUT2D eigenvalue weighted by Gasteiger charge is -2.20. The Morgan fingerprint density at radius 2 is 2.00 bits per heavy atom. The van der Waals surface area contributed by atoms with Crippen molar-refractivity contribution < 1.29 is 0 Å². The third kappa shape index (κ3) is 3.24. The summed E-state index contributed by atoms with van der Waals surface area (Å²) in [6.45, 7) is 7.48. The minimum atomic E-state index is 0.389. The van der Waals surface area contributed by atoms with Crippen LogP contribution in [-0.4, -0.2) is 16.3 Å². The number of para-hydroxylation sites is 1. The fourth-order valence-electron chi connectivity index (χ4n) is 2.33. The summed E-state index contributed by atoms with van der Waals surface area (Å²) in [6.07, 6.45) is 4.26. The minimum absolute atomic E-state index is 0.389. The normalized spacial score (nSPS) is 12.6. The zero-order valence-electron chi connectivity index (χ0n) is 12.1. The summed E-state index contributed by atoms with van der Waals surface area (Å²) in [7, 11) is 0. The summed E-state index contributed by atoms with van der Waals surface area (Å²) in [4.78, 5) is 0. The molecule has 0 saturated carbocycles. The number of nitrogens with zero attached hydrogens (tertiary/aromatic N) is 2. The van der Waals surface area contributed by atoms with Gasteiger partial charge in [0.25, 0.3) is 0 Å². The smallest absolute Gasteiger partial charge is 0.0693 e. The van der Waals surface area contributed by atoms with E-state index in [0.29, 0.717) is 6.04 Å². The second-order valence-corrected chi connectivity index (χ2v) is 4.88. The number of hydrogen-bond donors (Lipinski definition) is 1. The fourth-order valence-corrected chi connectivity index (χ4v) is 2.33. The van der Waals surface area contributed by atoms with Crippen molar-refractivity contribution in [3.05, 3.63) is 47.8 Å². The molecule has 3 heteroatoms. The van der Waals surface area contributed by atoms with Crippen LogP contribution < -0.4 is 5.32 Å². The fraction of sp³-hybridized carbons (Fsp3) is 0.438. The van der Waals surface area contributed by atoms with Gasteiger partial charge in [-0.25, -0.2) is 4.68 Å². The van der Waals surface area contributed by atoms with Crippen molar-refractivity contribution in [2.45, 2.75) is 39.7 Å². The molecular formula is C16H23N3. The first-order valence-electron chi connectivity index (χ1n) is 7.11. The van der Waals surface area contributed by atoms with Gasteiger partial charge >= 0.3 is 0 Å². The zero-order valence-corrected chi connectivity index (χ0v) is 12.1. The predicted molar refractivity (Wildman–Crippen MR) is 79.6 cm³/mol. The SMILES string of the molecule is CCCNC(CC)c1ccccc1-n1ccc(C)n1. The summed E-state index contributed by atoms with van der Waals surface area (Å²) in [5.41, 5.74) is 3.54. The van der Waals surface area contributed by atoms with Crippen LogP contribution in [0.15, 0.2) is 36.5 Å². The molecular weight excluding hydrogens is 234 g/mol. The summed E-state index contributed by atoms with van der Waals surface area (Å²) in [5.74, 6) is 0. The molecule has 0 amide bonds. The number of benzene rings is 1. The van der Waals surface area contributed by atoms with Crippen LogP contribution in [0.25, 0.3) is 5.69 Å². The summed E-state index contributed by atoms with van der Waals surface area (Å²) in [5, 5.41) is 8.14. The Labute approximate surface area is 115 Å². The summed E-state index contributed by atoms with van der Waals surface area (Å²) >= 11 is 0. The zero-order chi connectivity index (χ0) is 13.7. The second-order valence-electron chi connectivity index (χ2n) is 4.88. The molecule has 19 heavy (non-hydrogen) atoms. The van der Waals surface area contributed by atoms with Crippen LogP contribution in [0.5, 0.6) is 0 Å². The van der Waals surface area contributed by atoms with E-state index < -0.39 is 0 Å². The number of hydrogen-bond acceptors (Lipinski definition) is 2. The Hall–Kier alpha value is -1.61. The monoisotopic (exact) mass is 257 g/mol. The van der Waals surface area contributed by atoms with E-state index in [2.05, 4.69) is 48.5 Å². The lowest BCUT2D eigenvalue weighted by molar-refractivity contribution is 0.515. The Balaban J connectivity index is 2.34. The van der Waals surface area contributed by atoms with Crippen molar-refractivity contribution in [3.63, 3.8) is 0 Å². The number of nitrogens with one attached hydrogen (secondary N) is 1. The Morgan fingerprint density at radius 3 is 2.63 bits per heavy atom. The molecule has 1 heterocycles. The average molecular weight is 257 g/mol. The molecule has 0 aliphatic heterocycles. The molecule has 1 aromatic heterocycles. The summed E-state index contributed by atoms with van der Waals surface area (Å²) in [6, 6.07) is 10.9. The molecule has 0 fully saturated rings. The number of aromatic nitrogens is 2. The van der Waals surface area contributed by atoms with E-state index in [1.807, 2.05) is 23.9 Å². The lowest BCUT2D eigenvalue weighted by atomic mass is 10.0. The largest absolute Gasteiger partial charge is 0.310 e. The maximum atomic E-state index is 4.53. The molecule has 0 spiro atoms. The quantitative estimate of drug-likeness (QED) is 0.856. The molecule has 0 saturated heterocycles. The van der Waals surface area contributed by atoms with Gasteiger partial charge in [-0.1, -0.05) is 32.0 Å². The molecule has 1 aromatic carbocycles. The molecule has 102 valence electrons. The van der Waals surface area contributed by atoms with Crippen molar-refractivity contribution in [2.24, 2.45) is 0 Å². The highest BCUT2D eigenvalue weighted by Gasteiger charge is 2.13. The molecule has 0 aliphatic carbocycles. The van der Waals surface area contributed by atoms with E-state index in [-0.39, 0.29) is 0 Å². The average Bonchev–Trinajstić information content (AvgIpc) is 2.87. The molecule has 0 aliphatic rings. The topological polar surface area (TPSA) is 29.9 Å². The van der Waals surface area contributed by atoms with Gasteiger partial charge in [-0.15, -0.1) is 0 Å². The van der Waals surface area contributed by atoms with Crippen LogP contribution >= 0.6 is 0 Å². The van der Waals surface area contributed by atoms with Gasteiger partial charge in [-0.3, -0.25) is 0 Å². The molecule has 0 radical (unpaired) electrons. The molecule has 1 N–H and O–H groups in total. The highest BCUT2D eigenvalue weighted by molar-refractivity contribution is 5.42. The van der Waals surface area contributed by atoms with E-state index in [9.17, 15) is 0 Å². The molecule has 3 nitrogen and oxygen atoms in total. The van der Waals surface area contributed by atoms with Gasteiger partial charge < -0.3 is 5.32 Å². The van der Waals surface area contributed by atoms with Gasteiger partial charge in [0.15, 0.2) is 0 Å². The van der Waals surface area contributed by atoms with Crippen molar-refractivity contribution in [2.75, 3.05) is 6.54 Å². The van der Waals surface area contributed by atoms with Gasteiger partial charge in [-0.2, -0.15) is 5.10 Å². The van der Waals surface area contributed by atoms with E-state index in [1.54, 1.807) is 0 Å². The van der Waals surface area contributed by atoms with Gasteiger partial charge in [0, 0.05) is 12.2 Å². The van der Waals surface area contributed by atoms with Crippen LogP contribution in [0.4, 0.5) is 0 Å². The first kappa shape index (κ1) is 13.8. The van der Waals surface area contributed by atoms with Crippen LogP contribution in [0, 0.1) is 6.92 Å². The molecule has 1 atom stereocenters. The van der Waals surface area contributed by atoms with E-state index in [1.165, 1.54) is 11.3 Å². The number of rotatable bonds is 6. The summed E-state index contributed by atoms with van der Waals surface area (Å²) < 4.78 is 1.97. The van der Waals surface area contributed by atoms with Gasteiger partial charge in [0.2, 0.25) is 0 Å². The second kappa shape index (κ2) is 6.53. The van der Waals surface area contributed by atoms with Crippen molar-refractivity contribution in [3.8, 4) is 5.69 Å². The van der Waals surface area contributed by atoms with Crippen LogP contribution in [0.1, 0.15) is 44.0 Å². The Bertz CT molecular complexity index is 516. The van der Waals surface area contributed by atoms with Crippen LogP contribution in [0.3, 0.4) is 0 Å². The highest BCUT2D eigenvalue weighted by atomic mass is 15.3. The standard InChI is InChI=1S/C16H23N3/c1-4-11-17-15(5-2)14-8-6-7-9-16(14)19-12-10-13(3)18-19/h6-10,12,15,17H,4-5,11H2,1-3H3. The van der Waals surface area contributed by atoms with Crippen molar-refractivity contribution in [1.82, 2.24) is 15.1 Å². The van der Waals surface area contributed by atoms with Crippen LogP contribution in [-0.2, 0) is 0 Å². The van der Waals surface area contributed by atoms with E-state index in [0.717, 1.165) is 25.1 Å². The lowest BCUT2D eigenvalue weighted by Crippen LogP contribution is -2.22. The third-order valence-electron chi connectivity index (χ3n) is 3.33. The molecule has 1 unspecified atom stereocenters. The third-order valence-corrected chi connectivity index (χ3v) is 3.33. The van der Waals surface area contributed by atoms with E-state index in [4.69, 9.17) is 0 Å². The Kier molecular flexibility index (Phi) is 4.74. The van der Waals surface area contributed by atoms with Gasteiger partial charge in [0.1, 0.15) is 0 Å². The molecule has 0 bridgehead atoms. The first-order valence-corrected chi connectivity index (χ1v) is 7.11. The van der Waals surface area contributed by atoms with Crippen molar-refractivity contribution >= 4 is 0 Å². The van der Waals surface area contributed by atoms with Gasteiger partial charge in [-0.05, 0) is 44.0 Å². The maximum Gasteiger partial charge on any atom is 0.0693 e. The minimum Gasteiger partial charge on any atom is -0.310 e. The first-order chi connectivity index (χ1) is 9.26. The molecule has 2 rings (SSSR count). The molecule has 2 aromatic rings. The Morgan fingerprint density at radius 1 is 1.21 bits per heavy atom. The maximum absolute atomic E-state index is 4.53. The number of aryl methyl sites for hydroxylation is 1. The van der Waals surface area contributed by atoms with Gasteiger partial charge in [0.05, 0.1) is 11.4 Å². The van der Waals surface area contributed by atoms with Crippen LogP contribution in [0.2, 0.25) is 0 Å². The van der Waals surface area contributed by atoms with Crippen molar-refractivity contribution in [1.29, 1.82) is 0 Å². The highest BCUT2D eigenvalue weighted by Crippen LogP contribution is 2.23.